The smallest absolute Gasteiger partial charge is 0.0304 e. The van der Waals surface area contributed by atoms with E-state index in [1.165, 1.54) is 6.42 Å². The van der Waals surface area contributed by atoms with Gasteiger partial charge in [0, 0.05) is 13.1 Å². The largest absolute Gasteiger partial charge is 0.249 e. The maximum atomic E-state index is 4.31. The van der Waals surface area contributed by atoms with Gasteiger partial charge in [0.1, 0.15) is 0 Å². The van der Waals surface area contributed by atoms with Gasteiger partial charge in [-0.25, -0.2) is 4.31 Å². The van der Waals surface area contributed by atoms with Crippen LogP contribution < -0.4 is 0 Å². The maximum absolute atomic E-state index is 4.31. The average molecular weight is 153 g/mol. The predicted molar refractivity (Wildman–Crippen MR) is 45.9 cm³/mol. The van der Waals surface area contributed by atoms with Crippen LogP contribution in [0.2, 0.25) is 0 Å². The molecular formula is C8H11NS. The summed E-state index contributed by atoms with van der Waals surface area (Å²) in [7, 11) is 0. The zero-order valence-corrected chi connectivity index (χ0v) is 6.72. The van der Waals surface area contributed by atoms with E-state index < -0.39 is 0 Å². The highest BCUT2D eigenvalue weighted by Gasteiger charge is 2.24. The quantitative estimate of drug-likeness (QED) is 0.518. The van der Waals surface area contributed by atoms with Gasteiger partial charge in [-0.2, -0.15) is 0 Å². The fourth-order valence-corrected chi connectivity index (χ4v) is 1.99. The molecule has 0 spiro atoms. The number of hydrogen-bond acceptors (Lipinski definition) is 2. The second-order valence-corrected chi connectivity index (χ2v) is 3.52. The molecule has 0 aromatic rings. The molecule has 1 aliphatic heterocycles. The van der Waals surface area contributed by atoms with E-state index >= 15 is 0 Å². The van der Waals surface area contributed by atoms with Crippen molar-refractivity contribution in [2.75, 3.05) is 13.1 Å². The molecule has 0 saturated carbocycles. The number of allylic oxidation sites excluding steroid dienone is 3. The highest BCUT2D eigenvalue weighted by molar-refractivity contribution is 7.77. The highest BCUT2D eigenvalue weighted by Crippen LogP contribution is 2.29. The van der Waals surface area contributed by atoms with Gasteiger partial charge in [0.2, 0.25) is 0 Å². The van der Waals surface area contributed by atoms with Crippen molar-refractivity contribution in [3.8, 4) is 0 Å². The summed E-state index contributed by atoms with van der Waals surface area (Å²) in [5, 5.41) is 0. The van der Waals surface area contributed by atoms with Crippen LogP contribution in [-0.2, 0) is 0 Å². The predicted octanol–water partition coefficient (Wildman–Crippen LogP) is 1.65. The third-order valence-electron chi connectivity index (χ3n) is 2.19. The maximum Gasteiger partial charge on any atom is 0.0304 e. The molecule has 0 aromatic carbocycles. The molecule has 2 aliphatic rings. The molecule has 2 heteroatoms. The molecular weight excluding hydrogens is 142 g/mol. The molecule has 1 atom stereocenters. The topological polar surface area (TPSA) is 3.24 Å². The van der Waals surface area contributed by atoms with Gasteiger partial charge in [-0.05, 0) is 12.3 Å². The van der Waals surface area contributed by atoms with E-state index in [0.29, 0.717) is 0 Å². The van der Waals surface area contributed by atoms with Gasteiger partial charge in [-0.15, -0.1) is 0 Å². The van der Waals surface area contributed by atoms with Gasteiger partial charge in [0.25, 0.3) is 0 Å². The Morgan fingerprint density at radius 2 is 2.50 bits per heavy atom. The number of nitrogens with zero attached hydrogens (tertiary/aromatic N) is 1. The van der Waals surface area contributed by atoms with Gasteiger partial charge in [0.15, 0.2) is 0 Å². The molecule has 10 heavy (non-hydrogen) atoms. The van der Waals surface area contributed by atoms with E-state index in [4.69, 9.17) is 0 Å². The molecule has 0 bridgehead atoms. The molecule has 0 N–H and O–H groups in total. The summed E-state index contributed by atoms with van der Waals surface area (Å²) in [6, 6.07) is 0. The van der Waals surface area contributed by atoms with Crippen molar-refractivity contribution in [3.05, 3.63) is 23.8 Å². The van der Waals surface area contributed by atoms with Crippen molar-refractivity contribution in [1.82, 2.24) is 4.31 Å². The van der Waals surface area contributed by atoms with Gasteiger partial charge in [0.05, 0.1) is 0 Å². The summed E-state index contributed by atoms with van der Waals surface area (Å²) in [6.45, 7) is 2.18. The second kappa shape index (κ2) is 2.44. The molecule has 1 nitrogen and oxygen atoms in total. The Hall–Kier alpha value is -0.210. The highest BCUT2D eigenvalue weighted by atomic mass is 32.1. The SMILES string of the molecule is SN1CC2=CC=CCC2C1. The molecule has 1 unspecified atom stereocenters. The number of hydrogen-bond donors (Lipinski definition) is 1. The minimum atomic E-state index is 0.766. The first kappa shape index (κ1) is 6.50. The van der Waals surface area contributed by atoms with Crippen LogP contribution >= 0.6 is 12.8 Å². The summed E-state index contributed by atoms with van der Waals surface area (Å²) in [6.07, 6.45) is 7.83. The van der Waals surface area contributed by atoms with Crippen molar-refractivity contribution in [2.45, 2.75) is 6.42 Å². The Labute approximate surface area is 67.0 Å². The van der Waals surface area contributed by atoms with Crippen LogP contribution in [0.4, 0.5) is 0 Å². The monoisotopic (exact) mass is 153 g/mol. The fraction of sp³-hybridized carbons (Fsp3) is 0.500. The molecule has 54 valence electrons. The third kappa shape index (κ3) is 1.02. The van der Waals surface area contributed by atoms with E-state index in [-0.39, 0.29) is 0 Å². The van der Waals surface area contributed by atoms with Crippen LogP contribution in [0.1, 0.15) is 6.42 Å². The van der Waals surface area contributed by atoms with Crippen molar-refractivity contribution < 1.29 is 0 Å². The normalized spacial score (nSPS) is 32.1. The first-order valence-corrected chi connectivity index (χ1v) is 4.05. The Bertz CT molecular complexity index is 195. The Morgan fingerprint density at radius 1 is 1.60 bits per heavy atom. The Balaban J connectivity index is 2.18. The third-order valence-corrected chi connectivity index (χ3v) is 2.49. The lowest BCUT2D eigenvalue weighted by atomic mass is 9.95. The van der Waals surface area contributed by atoms with E-state index in [9.17, 15) is 0 Å². The van der Waals surface area contributed by atoms with E-state index in [1.807, 2.05) is 0 Å². The average Bonchev–Trinajstić information content (AvgIpc) is 2.27. The summed E-state index contributed by atoms with van der Waals surface area (Å²) in [5.74, 6) is 0.766. The molecule has 1 fully saturated rings. The van der Waals surface area contributed by atoms with Crippen LogP contribution in [0.3, 0.4) is 0 Å². The number of rotatable bonds is 0. The van der Waals surface area contributed by atoms with Gasteiger partial charge in [-0.1, -0.05) is 36.6 Å². The summed E-state index contributed by atoms with van der Waals surface area (Å²) in [5.41, 5.74) is 1.55. The molecule has 0 aromatic heterocycles. The number of thiol groups is 1. The first-order chi connectivity index (χ1) is 4.86. The van der Waals surface area contributed by atoms with Crippen LogP contribution in [0.25, 0.3) is 0 Å². The molecule has 1 heterocycles. The lowest BCUT2D eigenvalue weighted by Gasteiger charge is -2.09. The minimum Gasteiger partial charge on any atom is -0.249 e. The van der Waals surface area contributed by atoms with E-state index in [0.717, 1.165) is 19.0 Å². The first-order valence-electron chi connectivity index (χ1n) is 3.65. The molecule has 1 aliphatic carbocycles. The van der Waals surface area contributed by atoms with Crippen LogP contribution in [0.5, 0.6) is 0 Å². The van der Waals surface area contributed by atoms with Gasteiger partial charge < -0.3 is 0 Å². The van der Waals surface area contributed by atoms with Gasteiger partial charge >= 0.3 is 0 Å². The zero-order chi connectivity index (χ0) is 6.97. The van der Waals surface area contributed by atoms with Crippen molar-refractivity contribution in [3.63, 3.8) is 0 Å². The Kier molecular flexibility index (Phi) is 1.58. The summed E-state index contributed by atoms with van der Waals surface area (Å²) >= 11 is 4.31. The lowest BCUT2D eigenvalue weighted by molar-refractivity contribution is 0.538. The molecule has 0 amide bonds. The van der Waals surface area contributed by atoms with Gasteiger partial charge in [-0.3, -0.25) is 0 Å². The fourth-order valence-electron chi connectivity index (χ4n) is 1.63. The van der Waals surface area contributed by atoms with Crippen molar-refractivity contribution in [1.29, 1.82) is 0 Å². The Morgan fingerprint density at radius 3 is 3.30 bits per heavy atom. The molecule has 1 saturated heterocycles. The minimum absolute atomic E-state index is 0.766. The zero-order valence-electron chi connectivity index (χ0n) is 5.83. The standard InChI is InChI=1S/C8H11NS/c10-9-5-7-3-1-2-4-8(7)6-9/h1-3,8,10H,4-6H2. The van der Waals surface area contributed by atoms with Crippen molar-refractivity contribution >= 4 is 12.8 Å². The lowest BCUT2D eigenvalue weighted by Crippen LogP contribution is -2.07. The number of fused-ring (bicyclic) bond motifs is 1. The van der Waals surface area contributed by atoms with Crippen LogP contribution in [-0.4, -0.2) is 17.4 Å². The van der Waals surface area contributed by atoms with E-state index in [1.54, 1.807) is 5.57 Å². The second-order valence-electron chi connectivity index (χ2n) is 2.95. The molecule has 2 rings (SSSR count). The summed E-state index contributed by atoms with van der Waals surface area (Å²) < 4.78 is 2.09. The van der Waals surface area contributed by atoms with Crippen molar-refractivity contribution in [2.24, 2.45) is 5.92 Å². The van der Waals surface area contributed by atoms with E-state index in [2.05, 4.69) is 35.3 Å². The molecule has 0 radical (unpaired) electrons. The summed E-state index contributed by atoms with van der Waals surface area (Å²) in [4.78, 5) is 0. The van der Waals surface area contributed by atoms with Crippen LogP contribution in [0, 0.1) is 5.92 Å². The van der Waals surface area contributed by atoms with Crippen LogP contribution in [0.15, 0.2) is 23.8 Å².